The smallest absolute Gasteiger partial charge is 0.449 e. The molecule has 0 amide bonds. The van der Waals surface area contributed by atoms with Crippen molar-refractivity contribution in [2.75, 3.05) is 0 Å². The number of aryl methyl sites for hydroxylation is 1. The predicted octanol–water partition coefficient (Wildman–Crippen LogP) is 4.56. The van der Waals surface area contributed by atoms with Crippen LogP contribution in [0.1, 0.15) is 0 Å². The van der Waals surface area contributed by atoms with Crippen molar-refractivity contribution in [3.8, 4) is 17.0 Å². The summed E-state index contributed by atoms with van der Waals surface area (Å²) in [6, 6.07) is 14.9. The van der Waals surface area contributed by atoms with Gasteiger partial charge in [-0.3, -0.25) is 0 Å². The number of aromatic nitrogens is 1. The Kier molecular flexibility index (Phi) is 3.31. The zero-order chi connectivity index (χ0) is 15.0. The summed E-state index contributed by atoms with van der Waals surface area (Å²) in [6.07, 6.45) is -1.34. The van der Waals surface area contributed by atoms with E-state index in [4.69, 9.17) is 21.4 Å². The maximum atomic E-state index is 11.0. The molecule has 0 saturated heterocycles. The van der Waals surface area contributed by atoms with Crippen molar-refractivity contribution < 1.29 is 14.6 Å². The summed E-state index contributed by atoms with van der Waals surface area (Å²) in [7, 11) is 1.76. The SMILES string of the molecule is Cn1c(OC(=O)O)c(-c2ccccc2)c2cc(Cl)ccc21. The van der Waals surface area contributed by atoms with E-state index in [0.29, 0.717) is 5.02 Å². The molecule has 1 N–H and O–H groups in total. The zero-order valence-electron chi connectivity index (χ0n) is 11.2. The highest BCUT2D eigenvalue weighted by Gasteiger charge is 2.20. The van der Waals surface area contributed by atoms with E-state index >= 15 is 0 Å². The quantitative estimate of drug-likeness (QED) is 0.706. The maximum Gasteiger partial charge on any atom is 0.512 e. The minimum Gasteiger partial charge on any atom is -0.449 e. The number of halogens is 1. The number of hydrogen-bond acceptors (Lipinski definition) is 2. The minimum atomic E-state index is -1.34. The van der Waals surface area contributed by atoms with Gasteiger partial charge in [-0.05, 0) is 23.8 Å². The number of rotatable bonds is 2. The van der Waals surface area contributed by atoms with Crippen LogP contribution in [0.3, 0.4) is 0 Å². The lowest BCUT2D eigenvalue weighted by Crippen LogP contribution is -2.07. The molecule has 3 rings (SSSR count). The Labute approximate surface area is 126 Å². The number of fused-ring (bicyclic) bond motifs is 1. The van der Waals surface area contributed by atoms with Gasteiger partial charge in [0.1, 0.15) is 0 Å². The Morgan fingerprint density at radius 1 is 1.19 bits per heavy atom. The van der Waals surface area contributed by atoms with Crippen LogP contribution in [0, 0.1) is 0 Å². The molecule has 0 aliphatic heterocycles. The van der Waals surface area contributed by atoms with Crippen LogP contribution in [0.2, 0.25) is 5.02 Å². The summed E-state index contributed by atoms with van der Waals surface area (Å²) in [5.74, 6) is 0.283. The lowest BCUT2D eigenvalue weighted by molar-refractivity contribution is 0.141. The molecule has 5 heteroatoms. The third-order valence-corrected chi connectivity index (χ3v) is 3.59. The molecule has 0 saturated carbocycles. The van der Waals surface area contributed by atoms with Gasteiger partial charge in [0.25, 0.3) is 0 Å². The fraction of sp³-hybridized carbons (Fsp3) is 0.0625. The molecule has 4 nitrogen and oxygen atoms in total. The van der Waals surface area contributed by atoms with Crippen LogP contribution in [-0.4, -0.2) is 15.8 Å². The van der Waals surface area contributed by atoms with Gasteiger partial charge in [0, 0.05) is 17.5 Å². The maximum absolute atomic E-state index is 11.0. The van der Waals surface area contributed by atoms with Gasteiger partial charge in [-0.1, -0.05) is 41.9 Å². The molecule has 0 atom stereocenters. The first kappa shape index (κ1) is 13.5. The van der Waals surface area contributed by atoms with E-state index in [1.807, 2.05) is 42.5 Å². The first-order chi connectivity index (χ1) is 10.1. The van der Waals surface area contributed by atoms with Gasteiger partial charge in [0.15, 0.2) is 0 Å². The molecule has 0 unspecified atom stereocenters. The third kappa shape index (κ3) is 2.34. The molecule has 0 aliphatic rings. The molecule has 2 aromatic carbocycles. The number of hydrogen-bond donors (Lipinski definition) is 1. The second-order valence-electron chi connectivity index (χ2n) is 4.63. The van der Waals surface area contributed by atoms with Gasteiger partial charge >= 0.3 is 6.16 Å². The normalized spacial score (nSPS) is 10.8. The van der Waals surface area contributed by atoms with E-state index in [1.165, 1.54) is 0 Å². The molecule has 1 aromatic heterocycles. The second kappa shape index (κ2) is 5.14. The molecular formula is C16H12ClNO3. The number of nitrogens with zero attached hydrogens (tertiary/aromatic N) is 1. The van der Waals surface area contributed by atoms with Crippen LogP contribution < -0.4 is 4.74 Å². The van der Waals surface area contributed by atoms with Crippen molar-refractivity contribution in [2.45, 2.75) is 0 Å². The molecule has 0 aliphatic carbocycles. The minimum absolute atomic E-state index is 0.283. The Hall–Kier alpha value is -2.46. The van der Waals surface area contributed by atoms with Crippen molar-refractivity contribution in [2.24, 2.45) is 7.05 Å². The van der Waals surface area contributed by atoms with E-state index in [-0.39, 0.29) is 5.88 Å². The van der Waals surface area contributed by atoms with Gasteiger partial charge < -0.3 is 14.4 Å². The number of benzene rings is 2. The monoisotopic (exact) mass is 301 g/mol. The third-order valence-electron chi connectivity index (χ3n) is 3.35. The summed E-state index contributed by atoms with van der Waals surface area (Å²) in [6.45, 7) is 0. The van der Waals surface area contributed by atoms with E-state index < -0.39 is 6.16 Å². The molecular weight excluding hydrogens is 290 g/mol. The topological polar surface area (TPSA) is 51.5 Å². The zero-order valence-corrected chi connectivity index (χ0v) is 12.0. The lowest BCUT2D eigenvalue weighted by Gasteiger charge is -2.06. The highest BCUT2D eigenvalue weighted by Crippen LogP contribution is 2.40. The van der Waals surface area contributed by atoms with Crippen LogP contribution >= 0.6 is 11.6 Å². The summed E-state index contributed by atoms with van der Waals surface area (Å²) in [4.78, 5) is 11.0. The van der Waals surface area contributed by atoms with E-state index in [2.05, 4.69) is 0 Å². The Bertz CT molecular complexity index is 824. The molecule has 21 heavy (non-hydrogen) atoms. The van der Waals surface area contributed by atoms with Crippen LogP contribution in [0.4, 0.5) is 4.79 Å². The number of ether oxygens (including phenoxy) is 1. The van der Waals surface area contributed by atoms with Gasteiger partial charge in [0.2, 0.25) is 5.88 Å². The molecule has 0 bridgehead atoms. The second-order valence-corrected chi connectivity index (χ2v) is 5.07. The van der Waals surface area contributed by atoms with Crippen LogP contribution in [0.15, 0.2) is 48.5 Å². The van der Waals surface area contributed by atoms with Gasteiger partial charge in [-0.2, -0.15) is 0 Å². The molecule has 106 valence electrons. The molecule has 0 radical (unpaired) electrons. The first-order valence-corrected chi connectivity index (χ1v) is 6.70. The van der Waals surface area contributed by atoms with Crippen molar-refractivity contribution in [1.29, 1.82) is 0 Å². The summed E-state index contributed by atoms with van der Waals surface area (Å²) in [5.41, 5.74) is 2.45. The largest absolute Gasteiger partial charge is 0.512 e. The van der Waals surface area contributed by atoms with Crippen LogP contribution in [0.25, 0.3) is 22.0 Å². The number of carbonyl (C=O) groups is 1. The Balaban J connectivity index is 2.38. The van der Waals surface area contributed by atoms with Crippen molar-refractivity contribution in [3.63, 3.8) is 0 Å². The summed E-state index contributed by atoms with van der Waals surface area (Å²) < 4.78 is 6.70. The lowest BCUT2D eigenvalue weighted by atomic mass is 10.0. The molecule has 3 aromatic rings. The Morgan fingerprint density at radius 2 is 1.90 bits per heavy atom. The van der Waals surface area contributed by atoms with E-state index in [9.17, 15) is 4.79 Å². The van der Waals surface area contributed by atoms with Crippen molar-refractivity contribution >= 4 is 28.7 Å². The fourth-order valence-electron chi connectivity index (χ4n) is 2.48. The van der Waals surface area contributed by atoms with Gasteiger partial charge in [-0.25, -0.2) is 4.79 Å². The summed E-state index contributed by atoms with van der Waals surface area (Å²) >= 11 is 6.08. The van der Waals surface area contributed by atoms with Gasteiger partial charge in [0.05, 0.1) is 11.1 Å². The average Bonchev–Trinajstić information content (AvgIpc) is 2.72. The first-order valence-electron chi connectivity index (χ1n) is 6.32. The fourth-order valence-corrected chi connectivity index (χ4v) is 2.65. The molecule has 0 fully saturated rings. The summed E-state index contributed by atoms with van der Waals surface area (Å²) in [5, 5.41) is 10.4. The van der Waals surface area contributed by atoms with Crippen LogP contribution in [-0.2, 0) is 7.05 Å². The van der Waals surface area contributed by atoms with E-state index in [0.717, 1.165) is 22.0 Å². The van der Waals surface area contributed by atoms with Gasteiger partial charge in [-0.15, -0.1) is 0 Å². The highest BCUT2D eigenvalue weighted by atomic mass is 35.5. The standard InChI is InChI=1S/C16H12ClNO3/c1-18-13-8-7-11(17)9-12(13)14(15(18)21-16(19)20)10-5-3-2-4-6-10/h2-9H,1H3,(H,19,20). The highest BCUT2D eigenvalue weighted by molar-refractivity contribution is 6.31. The van der Waals surface area contributed by atoms with Crippen LogP contribution in [0.5, 0.6) is 5.88 Å². The number of carboxylic acid groups (broad SMARTS) is 1. The van der Waals surface area contributed by atoms with Crippen molar-refractivity contribution in [3.05, 3.63) is 53.6 Å². The molecule has 0 spiro atoms. The Morgan fingerprint density at radius 3 is 2.57 bits per heavy atom. The average molecular weight is 302 g/mol. The van der Waals surface area contributed by atoms with E-state index in [1.54, 1.807) is 17.7 Å². The molecule has 1 heterocycles. The predicted molar refractivity (Wildman–Crippen MR) is 82.0 cm³/mol. The van der Waals surface area contributed by atoms with Crippen molar-refractivity contribution in [1.82, 2.24) is 4.57 Å².